The lowest BCUT2D eigenvalue weighted by Crippen LogP contribution is -2.39. The van der Waals surface area contributed by atoms with E-state index in [0.717, 1.165) is 32.4 Å². The lowest BCUT2D eigenvalue weighted by molar-refractivity contribution is -0.132. The van der Waals surface area contributed by atoms with E-state index in [-0.39, 0.29) is 17.4 Å². The van der Waals surface area contributed by atoms with Gasteiger partial charge in [-0.15, -0.1) is 0 Å². The second kappa shape index (κ2) is 9.31. The van der Waals surface area contributed by atoms with Crippen LogP contribution in [0.3, 0.4) is 0 Å². The first-order chi connectivity index (χ1) is 13.1. The summed E-state index contributed by atoms with van der Waals surface area (Å²) in [6.45, 7) is 6.47. The fraction of sp³-hybridized carbons (Fsp3) is 0.619. The van der Waals surface area contributed by atoms with Gasteiger partial charge in [0.25, 0.3) is 5.91 Å². The van der Waals surface area contributed by atoms with E-state index in [4.69, 9.17) is 0 Å². The van der Waals surface area contributed by atoms with E-state index in [9.17, 15) is 14.0 Å². The molecule has 148 valence electrons. The monoisotopic (exact) mass is 375 g/mol. The fourth-order valence-electron chi connectivity index (χ4n) is 4.16. The third-order valence-electron chi connectivity index (χ3n) is 5.93. The van der Waals surface area contributed by atoms with Gasteiger partial charge in [-0.25, -0.2) is 4.39 Å². The van der Waals surface area contributed by atoms with Crippen LogP contribution in [0.1, 0.15) is 43.0 Å². The molecule has 1 unspecified atom stereocenters. The summed E-state index contributed by atoms with van der Waals surface area (Å²) < 4.78 is 13.9. The minimum Gasteiger partial charge on any atom is -0.341 e. The number of halogens is 1. The lowest BCUT2D eigenvalue weighted by Gasteiger charge is -2.30. The van der Waals surface area contributed by atoms with Gasteiger partial charge in [-0.3, -0.25) is 9.59 Å². The van der Waals surface area contributed by atoms with Crippen molar-refractivity contribution in [1.82, 2.24) is 15.1 Å². The molecule has 1 N–H and O–H groups in total. The van der Waals surface area contributed by atoms with E-state index in [1.807, 2.05) is 4.90 Å². The molecular weight excluding hydrogens is 345 g/mol. The van der Waals surface area contributed by atoms with Crippen LogP contribution < -0.4 is 5.32 Å². The number of hydrogen-bond acceptors (Lipinski definition) is 3. The molecule has 2 saturated heterocycles. The predicted molar refractivity (Wildman–Crippen MR) is 103 cm³/mol. The van der Waals surface area contributed by atoms with Gasteiger partial charge in [-0.05, 0) is 56.3 Å². The molecule has 2 heterocycles. The van der Waals surface area contributed by atoms with E-state index in [1.165, 1.54) is 12.1 Å². The van der Waals surface area contributed by atoms with Gasteiger partial charge in [0.1, 0.15) is 5.82 Å². The van der Waals surface area contributed by atoms with Gasteiger partial charge < -0.3 is 15.1 Å². The summed E-state index contributed by atoms with van der Waals surface area (Å²) in [6, 6.07) is 6.08. The molecule has 0 radical (unpaired) electrons. The van der Waals surface area contributed by atoms with Crippen molar-refractivity contribution >= 4 is 11.8 Å². The molecule has 2 fully saturated rings. The van der Waals surface area contributed by atoms with Gasteiger partial charge in [0.05, 0.1) is 5.56 Å². The fourth-order valence-corrected chi connectivity index (χ4v) is 4.16. The first kappa shape index (κ1) is 19.8. The SMILES string of the molecule is CC(CC(=O)N1CCCN(C(=O)c2ccccc2F)CC1)C1CCNCC1. The van der Waals surface area contributed by atoms with Crippen LogP contribution >= 0.6 is 0 Å². The van der Waals surface area contributed by atoms with Crippen molar-refractivity contribution in [3.8, 4) is 0 Å². The maximum absolute atomic E-state index is 13.9. The van der Waals surface area contributed by atoms with E-state index < -0.39 is 5.82 Å². The van der Waals surface area contributed by atoms with Crippen LogP contribution in [0, 0.1) is 17.7 Å². The molecule has 27 heavy (non-hydrogen) atoms. The van der Waals surface area contributed by atoms with Crippen LogP contribution in [-0.2, 0) is 4.79 Å². The Morgan fingerprint density at radius 3 is 2.52 bits per heavy atom. The minimum atomic E-state index is -0.490. The Kier molecular flexibility index (Phi) is 6.83. The Balaban J connectivity index is 1.54. The third-order valence-corrected chi connectivity index (χ3v) is 5.93. The lowest BCUT2D eigenvalue weighted by atomic mass is 9.84. The maximum Gasteiger partial charge on any atom is 0.256 e. The largest absolute Gasteiger partial charge is 0.341 e. The highest BCUT2D eigenvalue weighted by Gasteiger charge is 2.27. The summed E-state index contributed by atoms with van der Waals surface area (Å²) >= 11 is 0. The van der Waals surface area contributed by atoms with Gasteiger partial charge in [-0.2, -0.15) is 0 Å². The van der Waals surface area contributed by atoms with E-state index in [2.05, 4.69) is 12.2 Å². The van der Waals surface area contributed by atoms with Crippen molar-refractivity contribution in [2.24, 2.45) is 11.8 Å². The Hall–Kier alpha value is -1.95. The Bertz CT molecular complexity index is 661. The van der Waals surface area contributed by atoms with Crippen LogP contribution in [0.25, 0.3) is 0 Å². The number of amides is 2. The molecule has 0 saturated carbocycles. The number of nitrogens with one attached hydrogen (secondary N) is 1. The zero-order valence-electron chi connectivity index (χ0n) is 16.1. The number of piperidine rings is 1. The second-order valence-electron chi connectivity index (χ2n) is 7.78. The Morgan fingerprint density at radius 2 is 1.78 bits per heavy atom. The van der Waals surface area contributed by atoms with Crippen LogP contribution in [0.4, 0.5) is 4.39 Å². The molecular formula is C21H30FN3O2. The van der Waals surface area contributed by atoms with E-state index in [1.54, 1.807) is 17.0 Å². The zero-order chi connectivity index (χ0) is 19.2. The summed E-state index contributed by atoms with van der Waals surface area (Å²) in [4.78, 5) is 28.9. The highest BCUT2D eigenvalue weighted by molar-refractivity contribution is 5.94. The smallest absolute Gasteiger partial charge is 0.256 e. The number of rotatable bonds is 4. The molecule has 0 aromatic heterocycles. The molecule has 1 aromatic rings. The Labute approximate surface area is 160 Å². The van der Waals surface area contributed by atoms with Crippen molar-refractivity contribution in [3.63, 3.8) is 0 Å². The van der Waals surface area contributed by atoms with Gasteiger partial charge in [-0.1, -0.05) is 19.1 Å². The number of nitrogens with zero attached hydrogens (tertiary/aromatic N) is 2. The molecule has 0 aliphatic carbocycles. The molecule has 1 atom stereocenters. The molecule has 0 bridgehead atoms. The summed E-state index contributed by atoms with van der Waals surface area (Å²) in [5.41, 5.74) is 0.108. The van der Waals surface area contributed by atoms with Gasteiger partial charge in [0.15, 0.2) is 0 Å². The molecule has 6 heteroatoms. The standard InChI is InChI=1S/C21H30FN3O2/c1-16(17-7-9-23-10-8-17)15-20(26)24-11-4-12-25(14-13-24)21(27)18-5-2-3-6-19(18)22/h2-3,5-6,16-17,23H,4,7-15H2,1H3. The number of hydrogen-bond donors (Lipinski definition) is 1. The van der Waals surface area contributed by atoms with E-state index >= 15 is 0 Å². The van der Waals surface area contributed by atoms with Crippen LogP contribution in [0.2, 0.25) is 0 Å². The molecule has 1 aromatic carbocycles. The van der Waals surface area contributed by atoms with Crippen molar-refractivity contribution in [2.75, 3.05) is 39.3 Å². The normalized spacial score (nSPS) is 20.2. The number of carbonyl (C=O) groups is 2. The van der Waals surface area contributed by atoms with Crippen molar-refractivity contribution in [3.05, 3.63) is 35.6 Å². The Morgan fingerprint density at radius 1 is 1.11 bits per heavy atom. The van der Waals surface area contributed by atoms with Gasteiger partial charge in [0.2, 0.25) is 5.91 Å². The average Bonchev–Trinajstić information content (AvgIpc) is 2.95. The summed E-state index contributed by atoms with van der Waals surface area (Å²) in [6.07, 6.45) is 3.58. The highest BCUT2D eigenvalue weighted by Crippen LogP contribution is 2.25. The molecule has 2 aliphatic rings. The first-order valence-corrected chi connectivity index (χ1v) is 10.1. The van der Waals surface area contributed by atoms with Gasteiger partial charge >= 0.3 is 0 Å². The average molecular weight is 375 g/mol. The zero-order valence-corrected chi connectivity index (χ0v) is 16.1. The topological polar surface area (TPSA) is 52.7 Å². The molecule has 0 spiro atoms. The predicted octanol–water partition coefficient (Wildman–Crippen LogP) is 2.53. The summed E-state index contributed by atoms with van der Waals surface area (Å²) in [5, 5.41) is 3.37. The van der Waals surface area contributed by atoms with E-state index in [0.29, 0.717) is 44.4 Å². The van der Waals surface area contributed by atoms with Gasteiger partial charge in [0, 0.05) is 32.6 Å². The third kappa shape index (κ3) is 5.06. The number of carbonyl (C=O) groups excluding carboxylic acids is 2. The van der Waals surface area contributed by atoms with Crippen molar-refractivity contribution < 1.29 is 14.0 Å². The molecule has 2 aliphatic heterocycles. The van der Waals surface area contributed by atoms with Crippen molar-refractivity contribution in [1.29, 1.82) is 0 Å². The maximum atomic E-state index is 13.9. The number of benzene rings is 1. The highest BCUT2D eigenvalue weighted by atomic mass is 19.1. The van der Waals surface area contributed by atoms with Crippen LogP contribution in [0.15, 0.2) is 24.3 Å². The van der Waals surface area contributed by atoms with Crippen molar-refractivity contribution in [2.45, 2.75) is 32.6 Å². The van der Waals surface area contributed by atoms with Crippen LogP contribution in [0.5, 0.6) is 0 Å². The van der Waals surface area contributed by atoms with Crippen LogP contribution in [-0.4, -0.2) is 60.9 Å². The summed E-state index contributed by atoms with van der Waals surface area (Å²) in [7, 11) is 0. The molecule has 2 amide bonds. The molecule has 3 rings (SSSR count). The quantitative estimate of drug-likeness (QED) is 0.880. The molecule has 5 nitrogen and oxygen atoms in total. The first-order valence-electron chi connectivity index (χ1n) is 10.1. The summed E-state index contributed by atoms with van der Waals surface area (Å²) in [5.74, 6) is 0.405. The minimum absolute atomic E-state index is 0.108. The second-order valence-corrected chi connectivity index (χ2v) is 7.78.